The fourth-order valence-electron chi connectivity index (χ4n) is 0.832. The van der Waals surface area contributed by atoms with Crippen LogP contribution in [0.5, 0.6) is 0 Å². The summed E-state index contributed by atoms with van der Waals surface area (Å²) in [6.07, 6.45) is 0. The Bertz CT molecular complexity index is 185. The van der Waals surface area contributed by atoms with E-state index in [1.807, 2.05) is 0 Å². The maximum atomic E-state index is 10.7. The van der Waals surface area contributed by atoms with Gasteiger partial charge in [-0.25, -0.2) is 8.42 Å². The predicted molar refractivity (Wildman–Crippen MR) is 36.3 cm³/mol. The first-order chi connectivity index (χ1) is 4.01. The van der Waals surface area contributed by atoms with Crippen LogP contribution in [0.15, 0.2) is 0 Å². The zero-order chi connectivity index (χ0) is 7.07. The Labute approximate surface area is 59.1 Å². The van der Waals surface area contributed by atoms with Gasteiger partial charge in [0.05, 0.1) is 16.9 Å². The van der Waals surface area contributed by atoms with Gasteiger partial charge >= 0.3 is 0 Å². The van der Waals surface area contributed by atoms with Gasteiger partial charge in [0.2, 0.25) is 0 Å². The molecule has 2 atom stereocenters. The Morgan fingerprint density at radius 1 is 1.44 bits per heavy atom. The topological polar surface area (TPSA) is 60.2 Å². The van der Waals surface area contributed by atoms with E-state index in [0.717, 1.165) is 0 Å². The van der Waals surface area contributed by atoms with Gasteiger partial charge in [-0.2, -0.15) is 0 Å². The minimum atomic E-state index is -2.90. The van der Waals surface area contributed by atoms with E-state index in [4.69, 9.17) is 17.3 Å². The molecule has 0 radical (unpaired) electrons. The highest BCUT2D eigenvalue weighted by atomic mass is 35.5. The second-order valence-electron chi connectivity index (χ2n) is 2.26. The average Bonchev–Trinajstić information content (AvgIpc) is 1.79. The van der Waals surface area contributed by atoms with Gasteiger partial charge in [0.25, 0.3) is 0 Å². The van der Waals surface area contributed by atoms with Crippen LogP contribution in [0.1, 0.15) is 0 Å². The quantitative estimate of drug-likeness (QED) is 0.491. The predicted octanol–water partition coefficient (Wildman–Crippen LogP) is -0.650. The van der Waals surface area contributed by atoms with Gasteiger partial charge in [0, 0.05) is 6.04 Å². The standard InChI is InChI=1S/C4H8ClNO2S/c5-3-1-9(7,8)2-4(3)6/h3-4H,1-2,6H2. The smallest absolute Gasteiger partial charge is 0.153 e. The van der Waals surface area contributed by atoms with E-state index in [2.05, 4.69) is 0 Å². The molecule has 54 valence electrons. The van der Waals surface area contributed by atoms with Crippen molar-refractivity contribution in [1.29, 1.82) is 0 Å². The molecule has 0 saturated carbocycles. The van der Waals surface area contributed by atoms with Crippen molar-refractivity contribution in [1.82, 2.24) is 0 Å². The van der Waals surface area contributed by atoms with E-state index in [1.165, 1.54) is 0 Å². The van der Waals surface area contributed by atoms with Crippen LogP contribution in [-0.2, 0) is 9.84 Å². The first-order valence-corrected chi connectivity index (χ1v) is 4.87. The van der Waals surface area contributed by atoms with Crippen LogP contribution in [0.2, 0.25) is 0 Å². The summed E-state index contributed by atoms with van der Waals surface area (Å²) in [7, 11) is -2.90. The Morgan fingerprint density at radius 3 is 2.11 bits per heavy atom. The summed E-state index contributed by atoms with van der Waals surface area (Å²) in [5, 5.41) is -0.380. The SMILES string of the molecule is NC1CS(=O)(=O)CC1Cl. The number of alkyl halides is 1. The molecule has 1 aliphatic heterocycles. The van der Waals surface area contributed by atoms with Crippen molar-refractivity contribution in [2.24, 2.45) is 5.73 Å². The Kier molecular flexibility index (Phi) is 1.71. The largest absolute Gasteiger partial charge is 0.326 e. The molecule has 0 bridgehead atoms. The lowest BCUT2D eigenvalue weighted by Gasteiger charge is -2.00. The Morgan fingerprint density at radius 2 is 2.00 bits per heavy atom. The van der Waals surface area contributed by atoms with Crippen molar-refractivity contribution in [2.75, 3.05) is 11.5 Å². The molecule has 0 amide bonds. The van der Waals surface area contributed by atoms with Crippen LogP contribution in [0.4, 0.5) is 0 Å². The van der Waals surface area contributed by atoms with Crippen LogP contribution in [-0.4, -0.2) is 31.3 Å². The van der Waals surface area contributed by atoms with E-state index < -0.39 is 9.84 Å². The summed E-state index contributed by atoms with van der Waals surface area (Å²) in [6.45, 7) is 0. The van der Waals surface area contributed by atoms with E-state index in [0.29, 0.717) is 0 Å². The van der Waals surface area contributed by atoms with E-state index in [-0.39, 0.29) is 22.9 Å². The molecule has 0 aromatic carbocycles. The van der Waals surface area contributed by atoms with Crippen LogP contribution in [0.25, 0.3) is 0 Å². The molecule has 0 aromatic rings. The minimum absolute atomic E-state index is 0.0374. The summed E-state index contributed by atoms with van der Waals surface area (Å²) in [6, 6.07) is -0.364. The Hall–Kier alpha value is 0.200. The summed E-state index contributed by atoms with van der Waals surface area (Å²) >= 11 is 5.54. The van der Waals surface area contributed by atoms with Crippen molar-refractivity contribution >= 4 is 21.4 Å². The Balaban J connectivity index is 2.77. The molecule has 5 heteroatoms. The van der Waals surface area contributed by atoms with Gasteiger partial charge in [0.1, 0.15) is 0 Å². The highest BCUT2D eigenvalue weighted by Crippen LogP contribution is 2.15. The zero-order valence-electron chi connectivity index (χ0n) is 4.75. The third kappa shape index (κ3) is 1.56. The monoisotopic (exact) mass is 169 g/mol. The van der Waals surface area contributed by atoms with Gasteiger partial charge in [-0.1, -0.05) is 0 Å². The van der Waals surface area contributed by atoms with Crippen LogP contribution in [0.3, 0.4) is 0 Å². The third-order valence-electron chi connectivity index (χ3n) is 1.32. The van der Waals surface area contributed by atoms with E-state index >= 15 is 0 Å². The molecule has 2 unspecified atom stereocenters. The normalized spacial score (nSPS) is 41.1. The third-order valence-corrected chi connectivity index (χ3v) is 3.74. The minimum Gasteiger partial charge on any atom is -0.326 e. The summed E-state index contributed by atoms with van der Waals surface area (Å²) in [5.74, 6) is 0.0802. The molecular formula is C4H8ClNO2S. The summed E-state index contributed by atoms with van der Waals surface area (Å²) in [4.78, 5) is 0. The van der Waals surface area contributed by atoms with Crippen LogP contribution >= 0.6 is 11.6 Å². The van der Waals surface area contributed by atoms with E-state index in [1.54, 1.807) is 0 Å². The molecule has 0 aromatic heterocycles. The van der Waals surface area contributed by atoms with Gasteiger partial charge in [-0.05, 0) is 0 Å². The van der Waals surface area contributed by atoms with E-state index in [9.17, 15) is 8.42 Å². The second-order valence-corrected chi connectivity index (χ2v) is 4.97. The number of sulfone groups is 1. The van der Waals surface area contributed by atoms with Crippen molar-refractivity contribution < 1.29 is 8.42 Å². The van der Waals surface area contributed by atoms with Crippen molar-refractivity contribution in [2.45, 2.75) is 11.4 Å². The summed E-state index contributed by atoms with van der Waals surface area (Å²) in [5.41, 5.74) is 5.34. The molecule has 1 rings (SSSR count). The van der Waals surface area contributed by atoms with Gasteiger partial charge in [0.15, 0.2) is 9.84 Å². The number of hydrogen-bond acceptors (Lipinski definition) is 3. The fraction of sp³-hybridized carbons (Fsp3) is 1.00. The second kappa shape index (κ2) is 2.11. The van der Waals surface area contributed by atoms with Gasteiger partial charge in [-0.3, -0.25) is 0 Å². The lowest BCUT2D eigenvalue weighted by molar-refractivity contribution is 0.601. The lowest BCUT2D eigenvalue weighted by atomic mass is 10.3. The van der Waals surface area contributed by atoms with Crippen LogP contribution < -0.4 is 5.73 Å². The fourth-order valence-corrected chi connectivity index (χ4v) is 3.29. The van der Waals surface area contributed by atoms with Crippen molar-refractivity contribution in [3.63, 3.8) is 0 Å². The number of nitrogens with two attached hydrogens (primary N) is 1. The molecular weight excluding hydrogens is 162 g/mol. The molecule has 1 saturated heterocycles. The number of hydrogen-bond donors (Lipinski definition) is 1. The molecule has 3 nitrogen and oxygen atoms in total. The van der Waals surface area contributed by atoms with Gasteiger partial charge in [-0.15, -0.1) is 11.6 Å². The van der Waals surface area contributed by atoms with Crippen molar-refractivity contribution in [3.8, 4) is 0 Å². The molecule has 0 spiro atoms. The van der Waals surface area contributed by atoms with Crippen molar-refractivity contribution in [3.05, 3.63) is 0 Å². The molecule has 9 heavy (non-hydrogen) atoms. The zero-order valence-corrected chi connectivity index (χ0v) is 6.32. The highest BCUT2D eigenvalue weighted by Gasteiger charge is 2.33. The summed E-state index contributed by atoms with van der Waals surface area (Å²) < 4.78 is 21.4. The first-order valence-electron chi connectivity index (χ1n) is 2.61. The maximum absolute atomic E-state index is 10.7. The average molecular weight is 170 g/mol. The molecule has 2 N–H and O–H groups in total. The first kappa shape index (κ1) is 7.31. The van der Waals surface area contributed by atoms with Gasteiger partial charge < -0.3 is 5.73 Å². The molecule has 1 aliphatic rings. The maximum Gasteiger partial charge on any atom is 0.153 e. The highest BCUT2D eigenvalue weighted by molar-refractivity contribution is 7.91. The molecule has 1 fully saturated rings. The lowest BCUT2D eigenvalue weighted by Crippen LogP contribution is -2.28. The molecule has 1 heterocycles. The van der Waals surface area contributed by atoms with Crippen LogP contribution in [0, 0.1) is 0 Å². The number of rotatable bonds is 0. The molecule has 0 aliphatic carbocycles. The number of halogens is 1.